The van der Waals surface area contributed by atoms with Crippen molar-refractivity contribution in [3.05, 3.63) is 29.3 Å². The van der Waals surface area contributed by atoms with Crippen molar-refractivity contribution in [2.24, 2.45) is 5.92 Å². The topological polar surface area (TPSA) is 66.5 Å². The number of amides is 4. The molecule has 5 heteroatoms. The third kappa shape index (κ3) is 2.31. The van der Waals surface area contributed by atoms with Crippen molar-refractivity contribution in [3.8, 4) is 0 Å². The first-order valence-electron chi connectivity index (χ1n) is 6.72. The maximum Gasteiger partial charge on any atom is 0.335 e. The summed E-state index contributed by atoms with van der Waals surface area (Å²) in [4.78, 5) is 37.4. The molecule has 2 rings (SSSR count). The molecule has 0 spiro atoms. The normalized spacial score (nSPS) is 19.2. The Bertz CT molecular complexity index is 560. The highest BCUT2D eigenvalue weighted by Crippen LogP contribution is 2.29. The summed E-state index contributed by atoms with van der Waals surface area (Å²) in [6, 6.07) is 4.89. The van der Waals surface area contributed by atoms with Crippen molar-refractivity contribution in [1.82, 2.24) is 5.32 Å². The van der Waals surface area contributed by atoms with Crippen LogP contribution in [0, 0.1) is 19.8 Å². The van der Waals surface area contributed by atoms with Gasteiger partial charge in [0.2, 0.25) is 11.8 Å². The summed E-state index contributed by atoms with van der Waals surface area (Å²) in [6.07, 6.45) is 1.15. The molecule has 0 aromatic heterocycles. The second kappa shape index (κ2) is 5.45. The van der Waals surface area contributed by atoms with Crippen molar-refractivity contribution in [2.75, 3.05) is 4.90 Å². The molecule has 20 heavy (non-hydrogen) atoms. The molecule has 0 radical (unpaired) electrons. The molecule has 0 saturated carbocycles. The number of nitrogens with one attached hydrogen (secondary N) is 1. The first kappa shape index (κ1) is 14.2. The molecule has 1 aliphatic heterocycles. The van der Waals surface area contributed by atoms with Gasteiger partial charge in [-0.2, -0.15) is 0 Å². The second-order valence-electron chi connectivity index (χ2n) is 5.05. The maximum atomic E-state index is 12.5. The lowest BCUT2D eigenvalue weighted by Crippen LogP contribution is -2.58. The minimum atomic E-state index is -0.781. The Hall–Kier alpha value is -2.17. The van der Waals surface area contributed by atoms with Crippen LogP contribution in [0.4, 0.5) is 10.5 Å². The van der Waals surface area contributed by atoms with Crippen molar-refractivity contribution >= 4 is 23.5 Å². The third-order valence-corrected chi connectivity index (χ3v) is 3.51. The van der Waals surface area contributed by atoms with E-state index in [1.807, 2.05) is 39.0 Å². The van der Waals surface area contributed by atoms with Crippen LogP contribution in [0.2, 0.25) is 0 Å². The van der Waals surface area contributed by atoms with Crippen molar-refractivity contribution in [1.29, 1.82) is 0 Å². The van der Waals surface area contributed by atoms with Gasteiger partial charge in [-0.1, -0.05) is 31.5 Å². The largest absolute Gasteiger partial charge is 0.335 e. The molecule has 0 bridgehead atoms. The lowest BCUT2D eigenvalue weighted by molar-refractivity contribution is -0.134. The zero-order chi connectivity index (χ0) is 14.9. The number of anilines is 1. The zero-order valence-corrected chi connectivity index (χ0v) is 11.9. The number of nitrogens with zero attached hydrogens (tertiary/aromatic N) is 1. The molecular weight excluding hydrogens is 256 g/mol. The van der Waals surface area contributed by atoms with Crippen LogP contribution in [-0.4, -0.2) is 17.8 Å². The van der Waals surface area contributed by atoms with Crippen LogP contribution in [-0.2, 0) is 9.59 Å². The van der Waals surface area contributed by atoms with Crippen LogP contribution in [0.5, 0.6) is 0 Å². The van der Waals surface area contributed by atoms with E-state index in [-0.39, 0.29) is 0 Å². The Morgan fingerprint density at radius 3 is 2.30 bits per heavy atom. The quantitative estimate of drug-likeness (QED) is 0.860. The molecule has 1 atom stereocenters. The number of barbiturate groups is 1. The smallest absolute Gasteiger partial charge is 0.277 e. The molecule has 1 fully saturated rings. The summed E-state index contributed by atoms with van der Waals surface area (Å²) in [7, 11) is 0. The third-order valence-electron chi connectivity index (χ3n) is 3.51. The van der Waals surface area contributed by atoms with Gasteiger partial charge in [0.1, 0.15) is 5.92 Å². The van der Waals surface area contributed by atoms with Gasteiger partial charge in [0.25, 0.3) is 0 Å². The van der Waals surface area contributed by atoms with Gasteiger partial charge in [-0.15, -0.1) is 0 Å². The Morgan fingerprint density at radius 2 is 1.75 bits per heavy atom. The molecule has 4 amide bonds. The highest BCUT2D eigenvalue weighted by atomic mass is 16.2. The van der Waals surface area contributed by atoms with Gasteiger partial charge in [-0.3, -0.25) is 14.9 Å². The number of benzene rings is 1. The molecule has 1 N–H and O–H groups in total. The predicted molar refractivity (Wildman–Crippen MR) is 75.3 cm³/mol. The molecule has 1 aromatic carbocycles. The summed E-state index contributed by atoms with van der Waals surface area (Å²) in [5, 5.41) is 2.27. The van der Waals surface area contributed by atoms with Crippen LogP contribution in [0.25, 0.3) is 0 Å². The monoisotopic (exact) mass is 274 g/mol. The SMILES string of the molecule is CCCC1C(=O)NC(=O)N(c2c(C)cccc2C)C1=O. The van der Waals surface area contributed by atoms with Crippen LogP contribution in [0.15, 0.2) is 18.2 Å². The highest BCUT2D eigenvalue weighted by molar-refractivity contribution is 6.28. The minimum absolute atomic E-state index is 0.432. The number of hydrogen-bond acceptors (Lipinski definition) is 3. The number of para-hydroxylation sites is 1. The zero-order valence-electron chi connectivity index (χ0n) is 11.9. The van der Waals surface area contributed by atoms with Crippen molar-refractivity contribution in [3.63, 3.8) is 0 Å². The first-order chi connectivity index (χ1) is 9.47. The van der Waals surface area contributed by atoms with E-state index in [2.05, 4.69) is 5.32 Å². The van der Waals surface area contributed by atoms with Gasteiger partial charge in [-0.05, 0) is 31.4 Å². The van der Waals surface area contributed by atoms with E-state index in [0.717, 1.165) is 16.0 Å². The molecule has 1 saturated heterocycles. The van der Waals surface area contributed by atoms with Gasteiger partial charge >= 0.3 is 6.03 Å². The molecule has 106 valence electrons. The highest BCUT2D eigenvalue weighted by Gasteiger charge is 2.41. The number of carbonyl (C=O) groups is 3. The van der Waals surface area contributed by atoms with Gasteiger partial charge in [-0.25, -0.2) is 9.69 Å². The standard InChI is InChI=1S/C15H18N2O3/c1-4-6-11-13(18)16-15(20)17(14(11)19)12-9(2)7-5-8-10(12)3/h5,7-8,11H,4,6H2,1-3H3,(H,16,18,20). The molecule has 1 heterocycles. The average molecular weight is 274 g/mol. The number of rotatable bonds is 3. The average Bonchev–Trinajstić information content (AvgIpc) is 2.37. The fraction of sp³-hybridized carbons (Fsp3) is 0.400. The first-order valence-corrected chi connectivity index (χ1v) is 6.72. The lowest BCUT2D eigenvalue weighted by Gasteiger charge is -2.31. The molecule has 1 aromatic rings. The van der Waals surface area contributed by atoms with Crippen LogP contribution < -0.4 is 10.2 Å². The predicted octanol–water partition coefficient (Wildman–Crippen LogP) is 2.30. The fourth-order valence-corrected chi connectivity index (χ4v) is 2.53. The maximum absolute atomic E-state index is 12.5. The van der Waals surface area contributed by atoms with E-state index in [0.29, 0.717) is 18.5 Å². The summed E-state index contributed by atoms with van der Waals surface area (Å²) in [5.41, 5.74) is 2.24. The number of urea groups is 1. The molecule has 1 aliphatic rings. The number of carbonyl (C=O) groups excluding carboxylic acids is 3. The van der Waals surface area contributed by atoms with E-state index < -0.39 is 23.8 Å². The molecule has 0 aliphatic carbocycles. The minimum Gasteiger partial charge on any atom is -0.277 e. The van der Waals surface area contributed by atoms with Crippen LogP contribution >= 0.6 is 0 Å². The van der Waals surface area contributed by atoms with E-state index in [4.69, 9.17) is 0 Å². The Labute approximate surface area is 118 Å². The van der Waals surface area contributed by atoms with Crippen LogP contribution in [0.1, 0.15) is 30.9 Å². The molecule has 1 unspecified atom stereocenters. The van der Waals surface area contributed by atoms with Gasteiger partial charge in [0.15, 0.2) is 0 Å². The second-order valence-corrected chi connectivity index (χ2v) is 5.05. The Kier molecular flexibility index (Phi) is 3.88. The van der Waals surface area contributed by atoms with E-state index in [1.54, 1.807) is 0 Å². The van der Waals surface area contributed by atoms with Gasteiger partial charge in [0, 0.05) is 0 Å². The van der Waals surface area contributed by atoms with E-state index in [9.17, 15) is 14.4 Å². The van der Waals surface area contributed by atoms with Crippen molar-refractivity contribution < 1.29 is 14.4 Å². The summed E-state index contributed by atoms with van der Waals surface area (Å²) in [5.74, 6) is -1.71. The lowest BCUT2D eigenvalue weighted by atomic mass is 9.97. The molecule has 5 nitrogen and oxygen atoms in total. The Morgan fingerprint density at radius 1 is 1.15 bits per heavy atom. The van der Waals surface area contributed by atoms with Gasteiger partial charge < -0.3 is 0 Å². The number of imide groups is 2. The summed E-state index contributed by atoms with van der Waals surface area (Å²) in [6.45, 7) is 5.59. The van der Waals surface area contributed by atoms with Crippen LogP contribution in [0.3, 0.4) is 0 Å². The van der Waals surface area contributed by atoms with E-state index in [1.165, 1.54) is 0 Å². The molecular formula is C15H18N2O3. The van der Waals surface area contributed by atoms with Gasteiger partial charge in [0.05, 0.1) is 5.69 Å². The van der Waals surface area contributed by atoms with E-state index >= 15 is 0 Å². The number of hydrogen-bond donors (Lipinski definition) is 1. The summed E-state index contributed by atoms with van der Waals surface area (Å²) < 4.78 is 0. The Balaban J connectivity index is 2.47. The summed E-state index contributed by atoms with van der Waals surface area (Å²) >= 11 is 0. The van der Waals surface area contributed by atoms with Crippen molar-refractivity contribution in [2.45, 2.75) is 33.6 Å². The number of aryl methyl sites for hydroxylation is 2. The fourth-order valence-electron chi connectivity index (χ4n) is 2.53.